The van der Waals surface area contributed by atoms with Crippen LogP contribution in [0, 0.1) is 0 Å². The zero-order chi connectivity index (χ0) is 19.2. The summed E-state index contributed by atoms with van der Waals surface area (Å²) in [5.41, 5.74) is 12.1. The summed E-state index contributed by atoms with van der Waals surface area (Å²) in [6.07, 6.45) is 4.54. The molecular weight excluding hydrogens is 364 g/mol. The Morgan fingerprint density at radius 3 is 2.52 bits per heavy atom. The summed E-state index contributed by atoms with van der Waals surface area (Å²) < 4.78 is 0. The van der Waals surface area contributed by atoms with E-state index in [-0.39, 0.29) is 12.3 Å². The molecule has 142 valence electrons. The van der Waals surface area contributed by atoms with Gasteiger partial charge in [0.15, 0.2) is 0 Å². The van der Waals surface area contributed by atoms with Gasteiger partial charge in [-0.2, -0.15) is 0 Å². The minimum absolute atomic E-state index is 0.263. The zero-order valence-corrected chi connectivity index (χ0v) is 15.6. The molecule has 8 heteroatoms. The van der Waals surface area contributed by atoms with Crippen molar-refractivity contribution in [3.8, 4) is 0 Å². The van der Waals surface area contributed by atoms with Crippen LogP contribution in [0.4, 0.5) is 4.79 Å². The molecule has 0 bridgehead atoms. The van der Waals surface area contributed by atoms with Crippen molar-refractivity contribution >= 4 is 29.2 Å². The lowest BCUT2D eigenvalue weighted by Gasteiger charge is -2.17. The minimum Gasteiger partial charge on any atom is -0.352 e. The number of urea groups is 1. The van der Waals surface area contributed by atoms with Crippen molar-refractivity contribution in [1.82, 2.24) is 16.2 Å². The van der Waals surface area contributed by atoms with E-state index in [1.807, 2.05) is 36.4 Å². The van der Waals surface area contributed by atoms with E-state index in [9.17, 15) is 14.4 Å². The summed E-state index contributed by atoms with van der Waals surface area (Å²) in [7, 11) is 0. The predicted octanol–water partition coefficient (Wildman–Crippen LogP) is 1.67. The van der Waals surface area contributed by atoms with Gasteiger partial charge < -0.3 is 11.1 Å². The largest absolute Gasteiger partial charge is 0.352 e. The lowest BCUT2D eigenvalue weighted by molar-refractivity contribution is -0.123. The van der Waals surface area contributed by atoms with Crippen LogP contribution >= 0.6 is 11.3 Å². The highest BCUT2D eigenvalue weighted by Crippen LogP contribution is 2.29. The molecule has 2 aromatic rings. The molecule has 0 spiro atoms. The van der Waals surface area contributed by atoms with E-state index in [1.165, 1.54) is 21.8 Å². The molecule has 1 aliphatic rings. The number of fused-ring (bicyclic) bond motifs is 1. The molecule has 1 atom stereocenters. The molecule has 0 aliphatic heterocycles. The number of hydrazine groups is 1. The van der Waals surface area contributed by atoms with Gasteiger partial charge in [-0.1, -0.05) is 30.3 Å². The van der Waals surface area contributed by atoms with E-state index in [0.29, 0.717) is 4.88 Å². The third-order valence-electron chi connectivity index (χ3n) is 4.44. The average molecular weight is 386 g/mol. The molecule has 1 aromatic heterocycles. The molecule has 5 N–H and O–H groups in total. The topological polar surface area (TPSA) is 113 Å². The maximum absolute atomic E-state index is 12.4. The van der Waals surface area contributed by atoms with Gasteiger partial charge in [0, 0.05) is 11.3 Å². The van der Waals surface area contributed by atoms with Crippen molar-refractivity contribution in [2.45, 2.75) is 38.1 Å². The van der Waals surface area contributed by atoms with Crippen molar-refractivity contribution < 1.29 is 14.4 Å². The Hall–Kier alpha value is -2.87. The Morgan fingerprint density at radius 2 is 1.81 bits per heavy atom. The predicted molar refractivity (Wildman–Crippen MR) is 103 cm³/mol. The second kappa shape index (κ2) is 8.68. The van der Waals surface area contributed by atoms with E-state index in [1.54, 1.807) is 0 Å². The normalized spacial score (nSPS) is 13.9. The summed E-state index contributed by atoms with van der Waals surface area (Å²) in [6.45, 7) is 0. The van der Waals surface area contributed by atoms with E-state index in [2.05, 4.69) is 16.2 Å². The number of primary amides is 1. The number of nitrogens with two attached hydrogens (primary N) is 1. The number of aryl methyl sites for hydroxylation is 2. The van der Waals surface area contributed by atoms with Gasteiger partial charge in [-0.25, -0.2) is 4.79 Å². The highest BCUT2D eigenvalue weighted by molar-refractivity contribution is 7.14. The second-order valence-electron chi connectivity index (χ2n) is 6.46. The van der Waals surface area contributed by atoms with Gasteiger partial charge >= 0.3 is 6.03 Å². The maximum Gasteiger partial charge on any atom is 0.312 e. The molecule has 4 amide bonds. The first kappa shape index (κ1) is 18.9. The van der Waals surface area contributed by atoms with E-state index < -0.39 is 18.0 Å². The van der Waals surface area contributed by atoms with Crippen LogP contribution in [0.1, 0.15) is 38.5 Å². The van der Waals surface area contributed by atoms with Gasteiger partial charge in [0.1, 0.15) is 6.04 Å². The van der Waals surface area contributed by atoms with Crippen molar-refractivity contribution in [1.29, 1.82) is 0 Å². The van der Waals surface area contributed by atoms with Crippen molar-refractivity contribution in [3.05, 3.63) is 57.3 Å². The molecular formula is C19H22N4O3S. The van der Waals surface area contributed by atoms with Crippen molar-refractivity contribution in [2.24, 2.45) is 5.73 Å². The lowest BCUT2D eigenvalue weighted by atomic mass is 9.99. The van der Waals surface area contributed by atoms with Crippen LogP contribution in [0.3, 0.4) is 0 Å². The molecule has 3 rings (SSSR count). The Kier molecular flexibility index (Phi) is 6.08. The number of hydrogen-bond acceptors (Lipinski definition) is 4. The van der Waals surface area contributed by atoms with E-state index in [4.69, 9.17) is 5.73 Å². The first-order valence-electron chi connectivity index (χ1n) is 8.84. The first-order valence-corrected chi connectivity index (χ1v) is 9.66. The quantitative estimate of drug-likeness (QED) is 0.586. The lowest BCUT2D eigenvalue weighted by Crippen LogP contribution is -2.54. The first-order chi connectivity index (χ1) is 13.0. The standard InChI is InChI=1S/C19H22N4O3S/c20-19(26)21-14(10-12-6-2-1-3-7-12)17(24)22-23-18(25)16-11-13-8-4-5-9-15(13)27-16/h1-3,6-7,11,14H,4-5,8-10H2,(H,22,24)(H,23,25)(H3,20,21,26). The summed E-state index contributed by atoms with van der Waals surface area (Å²) in [5, 5.41) is 2.41. The van der Waals surface area contributed by atoms with E-state index in [0.717, 1.165) is 31.2 Å². The molecule has 27 heavy (non-hydrogen) atoms. The average Bonchev–Trinajstić information content (AvgIpc) is 3.10. The van der Waals surface area contributed by atoms with Crippen LogP contribution in [-0.2, 0) is 24.1 Å². The number of nitrogens with one attached hydrogen (secondary N) is 3. The number of amides is 4. The monoisotopic (exact) mass is 386 g/mol. The number of thiophene rings is 1. The molecule has 0 radical (unpaired) electrons. The molecule has 1 aliphatic carbocycles. The molecule has 0 saturated heterocycles. The van der Waals surface area contributed by atoms with Gasteiger partial charge in [0.05, 0.1) is 4.88 Å². The smallest absolute Gasteiger partial charge is 0.312 e. The van der Waals surface area contributed by atoms with Crippen LogP contribution in [0.2, 0.25) is 0 Å². The third kappa shape index (κ3) is 5.07. The van der Waals surface area contributed by atoms with Crippen molar-refractivity contribution in [3.63, 3.8) is 0 Å². The molecule has 1 aromatic carbocycles. The van der Waals surface area contributed by atoms with Gasteiger partial charge in [-0.3, -0.25) is 20.4 Å². The van der Waals surface area contributed by atoms with Crippen LogP contribution < -0.4 is 21.9 Å². The number of hydrogen-bond donors (Lipinski definition) is 4. The maximum atomic E-state index is 12.4. The zero-order valence-electron chi connectivity index (χ0n) is 14.8. The van der Waals surface area contributed by atoms with Crippen LogP contribution in [0.15, 0.2) is 36.4 Å². The molecule has 0 saturated carbocycles. The second-order valence-corrected chi connectivity index (χ2v) is 7.60. The Morgan fingerprint density at radius 1 is 1.07 bits per heavy atom. The third-order valence-corrected chi connectivity index (χ3v) is 5.67. The van der Waals surface area contributed by atoms with Crippen LogP contribution in [0.25, 0.3) is 0 Å². The van der Waals surface area contributed by atoms with Crippen LogP contribution in [0.5, 0.6) is 0 Å². The Bertz CT molecular complexity index is 811. The molecule has 7 nitrogen and oxygen atoms in total. The molecule has 1 heterocycles. The summed E-state index contributed by atoms with van der Waals surface area (Å²) in [4.78, 5) is 37.8. The van der Waals surface area contributed by atoms with Gasteiger partial charge in [0.25, 0.3) is 11.8 Å². The van der Waals surface area contributed by atoms with Crippen molar-refractivity contribution in [2.75, 3.05) is 0 Å². The van der Waals surface area contributed by atoms with E-state index >= 15 is 0 Å². The highest BCUT2D eigenvalue weighted by Gasteiger charge is 2.22. The number of carbonyl (C=O) groups excluding carboxylic acids is 3. The highest BCUT2D eigenvalue weighted by atomic mass is 32.1. The molecule has 1 unspecified atom stereocenters. The number of rotatable bonds is 5. The summed E-state index contributed by atoms with van der Waals surface area (Å²) in [5.74, 6) is -0.896. The fourth-order valence-corrected chi connectivity index (χ4v) is 4.25. The SMILES string of the molecule is NC(=O)NC(Cc1ccccc1)C(=O)NNC(=O)c1cc2c(s1)CCCC2. The summed E-state index contributed by atoms with van der Waals surface area (Å²) >= 11 is 1.46. The van der Waals surface area contributed by atoms with Gasteiger partial charge in [-0.05, 0) is 42.9 Å². The van der Waals surface area contributed by atoms with Gasteiger partial charge in [0.2, 0.25) is 0 Å². The Labute approximate surface area is 161 Å². The molecule has 0 fully saturated rings. The Balaban J connectivity index is 1.60. The van der Waals surface area contributed by atoms with Crippen LogP contribution in [-0.4, -0.2) is 23.9 Å². The fraction of sp³-hybridized carbons (Fsp3) is 0.316. The number of carbonyl (C=O) groups is 3. The number of benzene rings is 1. The van der Waals surface area contributed by atoms with Gasteiger partial charge in [-0.15, -0.1) is 11.3 Å². The fourth-order valence-electron chi connectivity index (χ4n) is 3.10. The minimum atomic E-state index is -0.887. The summed E-state index contributed by atoms with van der Waals surface area (Å²) in [6, 6.07) is 9.44.